The fraction of sp³-hybridized carbons (Fsp3) is 0.300. The molecule has 0 spiro atoms. The zero-order valence-electron chi connectivity index (χ0n) is 14.9. The maximum absolute atomic E-state index is 13.2. The third kappa shape index (κ3) is 3.80. The standard InChI is InChI=1S/C20H22ClN3O2/c1-3-17(22-11-12-26-2)19-23-18-10-5-4-9-16(18)20(25)24(19)15-8-6-7-14(21)13-15/h4-10,13,17,22H,3,11-12H2,1-2H3/t17-/m0/s1. The molecule has 0 radical (unpaired) electrons. The van der Waals surface area contributed by atoms with Crippen molar-refractivity contribution >= 4 is 22.5 Å². The van der Waals surface area contributed by atoms with E-state index in [1.165, 1.54) is 0 Å². The van der Waals surface area contributed by atoms with Crippen molar-refractivity contribution in [3.8, 4) is 5.69 Å². The lowest BCUT2D eigenvalue weighted by molar-refractivity contribution is 0.194. The zero-order valence-corrected chi connectivity index (χ0v) is 15.7. The summed E-state index contributed by atoms with van der Waals surface area (Å²) in [6.07, 6.45) is 0.787. The van der Waals surface area contributed by atoms with Crippen molar-refractivity contribution < 1.29 is 4.74 Å². The van der Waals surface area contributed by atoms with E-state index >= 15 is 0 Å². The van der Waals surface area contributed by atoms with Gasteiger partial charge in [0.15, 0.2) is 0 Å². The molecule has 0 saturated heterocycles. The predicted molar refractivity (Wildman–Crippen MR) is 105 cm³/mol. The van der Waals surface area contributed by atoms with Gasteiger partial charge < -0.3 is 10.1 Å². The van der Waals surface area contributed by atoms with Crippen LogP contribution in [0.5, 0.6) is 0 Å². The molecule has 3 aromatic rings. The molecule has 26 heavy (non-hydrogen) atoms. The van der Waals surface area contributed by atoms with Crippen LogP contribution >= 0.6 is 11.6 Å². The summed E-state index contributed by atoms with van der Waals surface area (Å²) in [4.78, 5) is 18.0. The van der Waals surface area contributed by atoms with Crippen LogP contribution in [0.2, 0.25) is 5.02 Å². The summed E-state index contributed by atoms with van der Waals surface area (Å²) < 4.78 is 6.78. The zero-order chi connectivity index (χ0) is 18.5. The average molecular weight is 372 g/mol. The summed E-state index contributed by atoms with van der Waals surface area (Å²) in [6, 6.07) is 14.6. The molecule has 0 saturated carbocycles. The second kappa shape index (κ2) is 8.45. The van der Waals surface area contributed by atoms with Gasteiger partial charge in [-0.15, -0.1) is 0 Å². The molecule has 3 rings (SSSR count). The van der Waals surface area contributed by atoms with Crippen molar-refractivity contribution in [2.75, 3.05) is 20.3 Å². The van der Waals surface area contributed by atoms with Crippen LogP contribution in [-0.4, -0.2) is 29.8 Å². The van der Waals surface area contributed by atoms with Gasteiger partial charge in [0.05, 0.1) is 29.2 Å². The number of nitrogens with one attached hydrogen (secondary N) is 1. The van der Waals surface area contributed by atoms with Crippen molar-refractivity contribution in [2.24, 2.45) is 0 Å². The van der Waals surface area contributed by atoms with Crippen LogP contribution in [0.1, 0.15) is 25.2 Å². The summed E-state index contributed by atoms with van der Waals surface area (Å²) in [5.41, 5.74) is 1.31. The van der Waals surface area contributed by atoms with Crippen molar-refractivity contribution in [2.45, 2.75) is 19.4 Å². The fourth-order valence-electron chi connectivity index (χ4n) is 3.00. The van der Waals surface area contributed by atoms with Gasteiger partial charge in [-0.3, -0.25) is 9.36 Å². The lowest BCUT2D eigenvalue weighted by atomic mass is 10.1. The second-order valence-corrected chi connectivity index (χ2v) is 6.45. The Bertz CT molecular complexity index is 955. The van der Waals surface area contributed by atoms with Gasteiger partial charge in [0.1, 0.15) is 5.82 Å². The van der Waals surface area contributed by atoms with E-state index in [2.05, 4.69) is 12.2 Å². The Hall–Kier alpha value is -2.21. The molecule has 5 nitrogen and oxygen atoms in total. The van der Waals surface area contributed by atoms with Crippen LogP contribution in [-0.2, 0) is 4.74 Å². The number of fused-ring (bicyclic) bond motifs is 1. The first-order valence-corrected chi connectivity index (χ1v) is 9.03. The molecule has 0 aliphatic rings. The molecule has 136 valence electrons. The van der Waals surface area contributed by atoms with Crippen LogP contribution in [0.15, 0.2) is 53.3 Å². The highest BCUT2D eigenvalue weighted by atomic mass is 35.5. The summed E-state index contributed by atoms with van der Waals surface area (Å²) >= 11 is 6.17. The summed E-state index contributed by atoms with van der Waals surface area (Å²) in [7, 11) is 1.67. The molecule has 0 amide bonds. The van der Waals surface area contributed by atoms with Crippen LogP contribution in [0.4, 0.5) is 0 Å². The van der Waals surface area contributed by atoms with Crippen molar-refractivity contribution in [1.82, 2.24) is 14.9 Å². The van der Waals surface area contributed by atoms with E-state index in [4.69, 9.17) is 21.3 Å². The molecule has 1 heterocycles. The van der Waals surface area contributed by atoms with E-state index in [0.717, 1.165) is 6.42 Å². The van der Waals surface area contributed by atoms with Crippen molar-refractivity contribution in [1.29, 1.82) is 0 Å². The molecule has 0 fully saturated rings. The maximum Gasteiger partial charge on any atom is 0.266 e. The van der Waals surface area contributed by atoms with E-state index in [0.29, 0.717) is 40.6 Å². The molecule has 0 aliphatic carbocycles. The number of aromatic nitrogens is 2. The molecule has 1 aromatic heterocycles. The van der Waals surface area contributed by atoms with Gasteiger partial charge in [0.25, 0.3) is 5.56 Å². The van der Waals surface area contributed by atoms with Crippen LogP contribution < -0.4 is 10.9 Å². The molecule has 6 heteroatoms. The second-order valence-electron chi connectivity index (χ2n) is 6.02. The minimum atomic E-state index is -0.0974. The smallest absolute Gasteiger partial charge is 0.266 e. The summed E-state index contributed by atoms with van der Waals surface area (Å²) in [5.74, 6) is 0.676. The van der Waals surface area contributed by atoms with Gasteiger partial charge in [-0.05, 0) is 36.8 Å². The highest BCUT2D eigenvalue weighted by Gasteiger charge is 2.19. The third-order valence-corrected chi connectivity index (χ3v) is 4.52. The van der Waals surface area contributed by atoms with E-state index in [-0.39, 0.29) is 11.6 Å². The van der Waals surface area contributed by atoms with Crippen LogP contribution in [0, 0.1) is 0 Å². The topological polar surface area (TPSA) is 56.1 Å². The first kappa shape index (κ1) is 18.6. The molecule has 0 bridgehead atoms. The van der Waals surface area contributed by atoms with Gasteiger partial charge in [0, 0.05) is 18.7 Å². The molecular formula is C20H22ClN3O2. The van der Waals surface area contributed by atoms with Gasteiger partial charge in [-0.1, -0.05) is 36.7 Å². The number of ether oxygens (including phenoxy) is 1. The molecular weight excluding hydrogens is 350 g/mol. The van der Waals surface area contributed by atoms with Crippen molar-refractivity contribution in [3.05, 3.63) is 69.7 Å². The highest BCUT2D eigenvalue weighted by Crippen LogP contribution is 2.22. The number of halogens is 1. The Labute approximate surface area is 157 Å². The van der Waals surface area contributed by atoms with Gasteiger partial charge in [-0.2, -0.15) is 0 Å². The predicted octanol–water partition coefficient (Wildman–Crippen LogP) is 3.73. The number of benzene rings is 2. The largest absolute Gasteiger partial charge is 0.383 e. The van der Waals surface area contributed by atoms with Crippen molar-refractivity contribution in [3.63, 3.8) is 0 Å². The molecule has 1 N–H and O–H groups in total. The summed E-state index contributed by atoms with van der Waals surface area (Å²) in [6.45, 7) is 3.33. The lowest BCUT2D eigenvalue weighted by Crippen LogP contribution is -2.32. The number of hydrogen-bond donors (Lipinski definition) is 1. The lowest BCUT2D eigenvalue weighted by Gasteiger charge is -2.21. The SMILES string of the molecule is CC[C@H](NCCOC)c1nc2ccccc2c(=O)n1-c1cccc(Cl)c1. The third-order valence-electron chi connectivity index (χ3n) is 4.28. The first-order chi connectivity index (χ1) is 12.7. The Morgan fingerprint density at radius 1 is 1.23 bits per heavy atom. The number of rotatable bonds is 7. The van der Waals surface area contributed by atoms with Gasteiger partial charge >= 0.3 is 0 Å². The Kier molecular flexibility index (Phi) is 6.04. The molecule has 2 aromatic carbocycles. The number of para-hydroxylation sites is 1. The highest BCUT2D eigenvalue weighted by molar-refractivity contribution is 6.30. The van der Waals surface area contributed by atoms with E-state index in [9.17, 15) is 4.79 Å². The first-order valence-electron chi connectivity index (χ1n) is 8.65. The Morgan fingerprint density at radius 3 is 2.77 bits per heavy atom. The Morgan fingerprint density at radius 2 is 2.04 bits per heavy atom. The van der Waals surface area contributed by atoms with E-state index < -0.39 is 0 Å². The number of nitrogens with zero attached hydrogens (tertiary/aromatic N) is 2. The van der Waals surface area contributed by atoms with Crippen LogP contribution in [0.3, 0.4) is 0 Å². The van der Waals surface area contributed by atoms with E-state index in [1.54, 1.807) is 29.9 Å². The monoisotopic (exact) mass is 371 g/mol. The van der Waals surface area contributed by atoms with Gasteiger partial charge in [0.2, 0.25) is 0 Å². The Balaban J connectivity index is 2.22. The van der Waals surface area contributed by atoms with E-state index in [1.807, 2.05) is 30.3 Å². The molecule has 0 aliphatic heterocycles. The fourth-order valence-corrected chi connectivity index (χ4v) is 3.19. The molecule has 0 unspecified atom stereocenters. The minimum absolute atomic E-state index is 0.0820. The molecule has 1 atom stereocenters. The van der Waals surface area contributed by atoms with Gasteiger partial charge in [-0.25, -0.2) is 4.98 Å². The number of methoxy groups -OCH3 is 1. The average Bonchev–Trinajstić information content (AvgIpc) is 2.65. The number of hydrogen-bond acceptors (Lipinski definition) is 4. The normalized spacial score (nSPS) is 12.4. The van der Waals surface area contributed by atoms with Crippen LogP contribution in [0.25, 0.3) is 16.6 Å². The maximum atomic E-state index is 13.2. The minimum Gasteiger partial charge on any atom is -0.383 e. The quantitative estimate of drug-likeness (QED) is 0.643. The summed E-state index contributed by atoms with van der Waals surface area (Å²) in [5, 5.41) is 4.59.